The Morgan fingerprint density at radius 3 is 1.82 bits per heavy atom. The molecular formula is C24H44O2Si2. The van der Waals surface area contributed by atoms with E-state index in [1.54, 1.807) is 0 Å². The first-order valence-corrected chi connectivity index (χ1v) is 16.8. The lowest BCUT2D eigenvalue weighted by atomic mass is 10.0. The first-order valence-electron chi connectivity index (χ1n) is 10.4. The number of carbonyl (C=O) groups is 1. The minimum Gasteiger partial charge on any atom is -0.410 e. The third-order valence-corrected chi connectivity index (χ3v) is 10.8. The van der Waals surface area contributed by atoms with E-state index in [4.69, 9.17) is 4.43 Å². The van der Waals surface area contributed by atoms with Crippen LogP contribution in [0.25, 0.3) is 0 Å². The van der Waals surface area contributed by atoms with Gasteiger partial charge in [-0.25, -0.2) is 0 Å². The number of aldehydes is 1. The fourth-order valence-corrected chi connectivity index (χ4v) is 4.67. The normalized spacial score (nSPS) is 17.8. The van der Waals surface area contributed by atoms with Gasteiger partial charge in [0.1, 0.15) is 6.29 Å². The molecule has 0 aliphatic heterocycles. The molecule has 160 valence electrons. The quantitative estimate of drug-likeness (QED) is 0.167. The molecule has 0 saturated heterocycles. The van der Waals surface area contributed by atoms with Gasteiger partial charge in [-0.3, -0.25) is 4.79 Å². The number of carbonyl (C=O) groups excluding carboxylic acids is 1. The zero-order chi connectivity index (χ0) is 22.3. The monoisotopic (exact) mass is 420 g/mol. The van der Waals surface area contributed by atoms with Gasteiger partial charge in [-0.05, 0) is 44.5 Å². The highest BCUT2D eigenvalue weighted by molar-refractivity contribution is 6.81. The van der Waals surface area contributed by atoms with Crippen molar-refractivity contribution in [2.75, 3.05) is 0 Å². The van der Waals surface area contributed by atoms with Crippen molar-refractivity contribution in [2.45, 2.75) is 92.3 Å². The molecule has 0 N–H and O–H groups in total. The maximum Gasteiger partial charge on any atom is 0.192 e. The predicted molar refractivity (Wildman–Crippen MR) is 131 cm³/mol. The molecule has 28 heavy (non-hydrogen) atoms. The van der Waals surface area contributed by atoms with Crippen molar-refractivity contribution in [3.8, 4) is 0 Å². The van der Waals surface area contributed by atoms with Gasteiger partial charge in [-0.2, -0.15) is 0 Å². The standard InChI is InChI=1S/C24H44O2Si2/c1-19(16-21(3)18-25)15-20(2)17-22(4)23(13-14-27(8,9)10)26-28(11,12)24(5,6)7/h13-18,22-23H,1-12H3/b14-13+,19-15+,20-17+,21-16+/t22-,23-/m1/s1. The van der Waals surface area contributed by atoms with Crippen LogP contribution in [0.1, 0.15) is 48.5 Å². The molecule has 0 aromatic heterocycles. The minimum absolute atomic E-state index is 0.0866. The fraction of sp³-hybridized carbons (Fsp3) is 0.625. The van der Waals surface area contributed by atoms with Gasteiger partial charge in [-0.15, -0.1) is 0 Å². The van der Waals surface area contributed by atoms with Crippen LogP contribution in [0.5, 0.6) is 0 Å². The lowest BCUT2D eigenvalue weighted by Crippen LogP contribution is -2.45. The summed E-state index contributed by atoms with van der Waals surface area (Å²) in [7, 11) is -3.16. The summed E-state index contributed by atoms with van der Waals surface area (Å²) in [5.41, 5.74) is 5.43. The summed E-state index contributed by atoms with van der Waals surface area (Å²) in [6.07, 6.45) is 9.64. The van der Waals surface area contributed by atoms with E-state index in [0.29, 0.717) is 0 Å². The molecule has 0 spiro atoms. The molecule has 0 unspecified atom stereocenters. The number of hydrogen-bond donors (Lipinski definition) is 0. The summed E-state index contributed by atoms with van der Waals surface area (Å²) in [5.74, 6) is 0.280. The molecule has 0 saturated carbocycles. The Balaban J connectivity index is 5.74. The molecule has 0 fully saturated rings. The van der Waals surface area contributed by atoms with Crippen LogP contribution in [-0.4, -0.2) is 28.8 Å². The summed E-state index contributed by atoms with van der Waals surface area (Å²) in [5, 5.41) is 0.185. The van der Waals surface area contributed by atoms with E-state index in [1.165, 1.54) is 5.57 Å². The van der Waals surface area contributed by atoms with Crippen molar-refractivity contribution < 1.29 is 9.22 Å². The van der Waals surface area contributed by atoms with E-state index >= 15 is 0 Å². The van der Waals surface area contributed by atoms with Gasteiger partial charge < -0.3 is 4.43 Å². The molecule has 0 heterocycles. The Kier molecular flexibility index (Phi) is 10.3. The number of allylic oxidation sites excluding steroid dienone is 5. The Bertz CT molecular complexity index is 638. The average Bonchev–Trinajstić information content (AvgIpc) is 2.48. The van der Waals surface area contributed by atoms with Crippen LogP contribution in [0.4, 0.5) is 0 Å². The number of rotatable bonds is 9. The molecule has 0 aromatic rings. The summed E-state index contributed by atoms with van der Waals surface area (Å²) in [6.45, 7) is 26.8. The highest BCUT2D eigenvalue weighted by atomic mass is 28.4. The SMILES string of the molecule is C\C(C=O)=C/C(C)=C/C(C)=C/[C@@H](C)[C@@H](/C=C/[Si](C)(C)C)O[Si](C)(C)C(C)(C)C. The Morgan fingerprint density at radius 2 is 1.39 bits per heavy atom. The Hall–Kier alpha value is -0.976. The molecule has 0 aromatic carbocycles. The van der Waals surface area contributed by atoms with Crippen LogP contribution in [0.15, 0.2) is 46.7 Å². The summed E-state index contributed by atoms with van der Waals surface area (Å²) < 4.78 is 6.80. The average molecular weight is 421 g/mol. The molecule has 0 aliphatic rings. The van der Waals surface area contributed by atoms with Gasteiger partial charge in [0, 0.05) is 5.92 Å². The van der Waals surface area contributed by atoms with Crippen molar-refractivity contribution in [2.24, 2.45) is 5.92 Å². The molecule has 0 bridgehead atoms. The van der Waals surface area contributed by atoms with E-state index in [0.717, 1.165) is 17.4 Å². The summed E-state index contributed by atoms with van der Waals surface area (Å²) in [6, 6.07) is 0. The smallest absolute Gasteiger partial charge is 0.192 e. The van der Waals surface area contributed by atoms with Crippen LogP contribution in [0.2, 0.25) is 37.8 Å². The molecule has 0 aliphatic carbocycles. The molecule has 2 nitrogen and oxygen atoms in total. The van der Waals surface area contributed by atoms with Crippen LogP contribution >= 0.6 is 0 Å². The second-order valence-corrected chi connectivity index (χ2v) is 20.6. The van der Waals surface area contributed by atoms with Crippen LogP contribution in [0, 0.1) is 5.92 Å². The first kappa shape index (κ1) is 27.0. The second kappa shape index (κ2) is 10.7. The molecule has 0 rings (SSSR count). The summed E-state index contributed by atoms with van der Waals surface area (Å²) in [4.78, 5) is 10.8. The summed E-state index contributed by atoms with van der Waals surface area (Å²) >= 11 is 0. The van der Waals surface area contributed by atoms with E-state index in [1.807, 2.05) is 19.9 Å². The van der Waals surface area contributed by atoms with Gasteiger partial charge in [-0.1, -0.05) is 88.5 Å². The highest BCUT2D eigenvalue weighted by Gasteiger charge is 2.39. The van der Waals surface area contributed by atoms with E-state index in [-0.39, 0.29) is 17.1 Å². The number of hydrogen-bond acceptors (Lipinski definition) is 2. The zero-order valence-corrected chi connectivity index (χ0v) is 22.4. The lowest BCUT2D eigenvalue weighted by Gasteiger charge is -2.40. The van der Waals surface area contributed by atoms with Gasteiger partial charge in [0.05, 0.1) is 14.2 Å². The largest absolute Gasteiger partial charge is 0.410 e. The molecular weight excluding hydrogens is 376 g/mol. The Morgan fingerprint density at radius 1 is 0.893 bits per heavy atom. The van der Waals surface area contributed by atoms with Crippen molar-refractivity contribution in [3.05, 3.63) is 46.7 Å². The van der Waals surface area contributed by atoms with E-state index in [9.17, 15) is 4.79 Å². The van der Waals surface area contributed by atoms with Crippen molar-refractivity contribution in [1.29, 1.82) is 0 Å². The third-order valence-electron chi connectivity index (χ3n) is 5.16. The molecule has 4 heteroatoms. The van der Waals surface area contributed by atoms with Crippen molar-refractivity contribution >= 4 is 22.7 Å². The maximum absolute atomic E-state index is 10.8. The fourth-order valence-electron chi connectivity index (χ4n) is 2.57. The first-order chi connectivity index (χ1) is 12.5. The van der Waals surface area contributed by atoms with Gasteiger partial charge in [0.25, 0.3) is 0 Å². The van der Waals surface area contributed by atoms with E-state index in [2.05, 4.69) is 91.3 Å². The maximum atomic E-state index is 10.8. The molecule has 2 atom stereocenters. The van der Waals surface area contributed by atoms with Gasteiger partial charge >= 0.3 is 0 Å². The van der Waals surface area contributed by atoms with Crippen LogP contribution in [0.3, 0.4) is 0 Å². The topological polar surface area (TPSA) is 26.3 Å². The molecule has 0 amide bonds. The van der Waals surface area contributed by atoms with Gasteiger partial charge in [0.2, 0.25) is 0 Å². The second-order valence-electron chi connectivity index (χ2n) is 10.7. The zero-order valence-electron chi connectivity index (χ0n) is 20.4. The van der Waals surface area contributed by atoms with Crippen molar-refractivity contribution in [3.63, 3.8) is 0 Å². The Labute approximate surface area is 177 Å². The van der Waals surface area contributed by atoms with Crippen LogP contribution < -0.4 is 0 Å². The van der Waals surface area contributed by atoms with Crippen molar-refractivity contribution in [1.82, 2.24) is 0 Å². The van der Waals surface area contributed by atoms with Crippen LogP contribution in [-0.2, 0) is 9.22 Å². The lowest BCUT2D eigenvalue weighted by molar-refractivity contribution is -0.104. The third kappa shape index (κ3) is 10.5. The predicted octanol–water partition coefficient (Wildman–Crippen LogP) is 7.48. The minimum atomic E-state index is -1.87. The van der Waals surface area contributed by atoms with Gasteiger partial charge in [0.15, 0.2) is 8.32 Å². The molecule has 0 radical (unpaired) electrons. The highest BCUT2D eigenvalue weighted by Crippen LogP contribution is 2.38. The van der Waals surface area contributed by atoms with E-state index < -0.39 is 16.4 Å².